The van der Waals surface area contributed by atoms with Gasteiger partial charge in [0.05, 0.1) is 24.2 Å². The normalized spacial score (nSPS) is 14.4. The van der Waals surface area contributed by atoms with Crippen molar-refractivity contribution in [3.63, 3.8) is 0 Å². The summed E-state index contributed by atoms with van der Waals surface area (Å²) in [7, 11) is 0. The maximum absolute atomic E-state index is 12.7. The smallest absolute Gasteiger partial charge is 0.224 e. The molecule has 0 bridgehead atoms. The average molecular weight is 441 g/mol. The lowest BCUT2D eigenvalue weighted by Crippen LogP contribution is -2.35. The largest absolute Gasteiger partial charge is 0.379 e. The molecule has 2 heterocycles. The highest BCUT2D eigenvalue weighted by atomic mass is 16.5. The van der Waals surface area contributed by atoms with Crippen LogP contribution < -0.4 is 5.32 Å². The van der Waals surface area contributed by atoms with Gasteiger partial charge in [0.15, 0.2) is 0 Å². The van der Waals surface area contributed by atoms with E-state index in [0.29, 0.717) is 12.8 Å². The first-order valence-electron chi connectivity index (χ1n) is 11.5. The van der Waals surface area contributed by atoms with E-state index in [0.717, 1.165) is 61.1 Å². The van der Waals surface area contributed by atoms with E-state index in [-0.39, 0.29) is 5.91 Å². The molecule has 1 aliphatic rings. The first-order valence-corrected chi connectivity index (χ1v) is 11.5. The fraction of sp³-hybridized carbons (Fsp3) is 0.259. The van der Waals surface area contributed by atoms with Gasteiger partial charge in [0.2, 0.25) is 5.91 Å². The molecule has 4 aromatic rings. The number of ether oxygens (including phenoxy) is 1. The Morgan fingerprint density at radius 3 is 2.42 bits per heavy atom. The summed E-state index contributed by atoms with van der Waals surface area (Å²) in [6.07, 6.45) is 0.927. The predicted octanol–water partition coefficient (Wildman–Crippen LogP) is 4.43. The monoisotopic (exact) mass is 440 g/mol. The number of fused-ring (bicyclic) bond motifs is 1. The molecule has 0 saturated carbocycles. The molecule has 1 N–H and O–H groups in total. The summed E-state index contributed by atoms with van der Waals surface area (Å²) < 4.78 is 7.55. The number of benzene rings is 3. The van der Waals surface area contributed by atoms with Gasteiger partial charge in [-0.2, -0.15) is 0 Å². The summed E-state index contributed by atoms with van der Waals surface area (Å²) in [5, 5.41) is 3.03. The van der Waals surface area contributed by atoms with Gasteiger partial charge in [-0.05, 0) is 42.0 Å². The van der Waals surface area contributed by atoms with Crippen molar-refractivity contribution in [1.82, 2.24) is 14.5 Å². The lowest BCUT2D eigenvalue weighted by Gasteiger charge is -2.26. The van der Waals surface area contributed by atoms with Gasteiger partial charge in [0, 0.05) is 43.9 Å². The zero-order valence-corrected chi connectivity index (χ0v) is 18.6. The molecular weight excluding hydrogens is 412 g/mol. The zero-order valence-electron chi connectivity index (χ0n) is 18.6. The van der Waals surface area contributed by atoms with Crippen LogP contribution in [0.25, 0.3) is 16.7 Å². The Bertz CT molecular complexity index is 1210. The van der Waals surface area contributed by atoms with E-state index in [1.807, 2.05) is 48.5 Å². The van der Waals surface area contributed by atoms with Gasteiger partial charge in [-0.3, -0.25) is 14.3 Å². The van der Waals surface area contributed by atoms with Crippen LogP contribution in [0.3, 0.4) is 0 Å². The Morgan fingerprint density at radius 1 is 0.909 bits per heavy atom. The molecule has 1 aliphatic heterocycles. The van der Waals surface area contributed by atoms with Crippen molar-refractivity contribution >= 4 is 22.6 Å². The van der Waals surface area contributed by atoms with Crippen molar-refractivity contribution in [3.05, 3.63) is 90.3 Å². The molecule has 1 fully saturated rings. The molecule has 0 aliphatic carbocycles. The van der Waals surface area contributed by atoms with Crippen molar-refractivity contribution in [2.75, 3.05) is 31.6 Å². The highest BCUT2D eigenvalue weighted by molar-refractivity contribution is 5.91. The number of morpholine rings is 1. The number of para-hydroxylation sites is 3. The molecule has 168 valence electrons. The van der Waals surface area contributed by atoms with Crippen LogP contribution in [0, 0.1) is 0 Å². The number of imidazole rings is 1. The third-order valence-corrected chi connectivity index (χ3v) is 5.97. The summed E-state index contributed by atoms with van der Waals surface area (Å²) in [4.78, 5) is 19.9. The van der Waals surface area contributed by atoms with Gasteiger partial charge in [0.25, 0.3) is 0 Å². The first-order chi connectivity index (χ1) is 16.3. The van der Waals surface area contributed by atoms with E-state index >= 15 is 0 Å². The van der Waals surface area contributed by atoms with Crippen molar-refractivity contribution in [2.45, 2.75) is 19.4 Å². The second-order valence-electron chi connectivity index (χ2n) is 8.32. The third kappa shape index (κ3) is 5.13. The molecule has 0 unspecified atom stereocenters. The molecule has 1 amide bonds. The van der Waals surface area contributed by atoms with Gasteiger partial charge in [0.1, 0.15) is 5.82 Å². The Morgan fingerprint density at radius 2 is 1.64 bits per heavy atom. The summed E-state index contributed by atoms with van der Waals surface area (Å²) >= 11 is 0. The van der Waals surface area contributed by atoms with E-state index < -0.39 is 0 Å². The molecule has 3 aromatic carbocycles. The number of rotatable bonds is 7. The minimum Gasteiger partial charge on any atom is -0.379 e. The maximum Gasteiger partial charge on any atom is 0.224 e. The van der Waals surface area contributed by atoms with E-state index in [4.69, 9.17) is 9.72 Å². The zero-order chi connectivity index (χ0) is 22.5. The summed E-state index contributed by atoms with van der Waals surface area (Å²) in [6.45, 7) is 4.43. The molecule has 5 rings (SSSR count). The standard InChI is InChI=1S/C27H28N4O2/c32-27(28-22-12-10-21(11-13-22)20-30-16-18-33-19-17-30)15-14-26-29-24-8-4-5-9-25(24)31(26)23-6-2-1-3-7-23/h1-13H,14-20H2,(H,28,32). The molecule has 1 saturated heterocycles. The number of aromatic nitrogens is 2. The second kappa shape index (κ2) is 9.98. The lowest BCUT2D eigenvalue weighted by molar-refractivity contribution is -0.116. The summed E-state index contributed by atoms with van der Waals surface area (Å²) in [6, 6.07) is 26.4. The SMILES string of the molecule is O=C(CCc1nc2ccccc2n1-c1ccccc1)Nc1ccc(CN2CCOCC2)cc1. The number of carbonyl (C=O) groups excluding carboxylic acids is 1. The second-order valence-corrected chi connectivity index (χ2v) is 8.32. The van der Waals surface area contributed by atoms with Crippen molar-refractivity contribution in [1.29, 1.82) is 0 Å². The van der Waals surface area contributed by atoms with E-state index in [1.165, 1.54) is 5.56 Å². The van der Waals surface area contributed by atoms with E-state index in [9.17, 15) is 4.79 Å². The number of hydrogen-bond donors (Lipinski definition) is 1. The Kier molecular flexibility index (Phi) is 6.46. The highest BCUT2D eigenvalue weighted by Gasteiger charge is 2.14. The van der Waals surface area contributed by atoms with Gasteiger partial charge < -0.3 is 10.1 Å². The van der Waals surface area contributed by atoms with Crippen LogP contribution in [0.1, 0.15) is 17.8 Å². The maximum atomic E-state index is 12.7. The van der Waals surface area contributed by atoms with Crippen molar-refractivity contribution < 1.29 is 9.53 Å². The fourth-order valence-electron chi connectivity index (χ4n) is 4.27. The molecule has 6 nitrogen and oxygen atoms in total. The minimum atomic E-state index is -0.0115. The summed E-state index contributed by atoms with van der Waals surface area (Å²) in [5.41, 5.74) is 5.11. The van der Waals surface area contributed by atoms with Crippen LogP contribution in [0.15, 0.2) is 78.9 Å². The van der Waals surface area contributed by atoms with Gasteiger partial charge >= 0.3 is 0 Å². The van der Waals surface area contributed by atoms with Crippen LogP contribution in [-0.4, -0.2) is 46.7 Å². The van der Waals surface area contributed by atoms with E-state index in [2.05, 4.69) is 45.1 Å². The molecule has 0 spiro atoms. The number of hydrogen-bond acceptors (Lipinski definition) is 4. The number of nitrogens with one attached hydrogen (secondary N) is 1. The molecule has 6 heteroatoms. The number of anilines is 1. The quantitative estimate of drug-likeness (QED) is 0.462. The molecule has 33 heavy (non-hydrogen) atoms. The Balaban J connectivity index is 1.23. The Labute approximate surface area is 193 Å². The third-order valence-electron chi connectivity index (χ3n) is 5.97. The topological polar surface area (TPSA) is 59.4 Å². The van der Waals surface area contributed by atoms with Gasteiger partial charge in [-0.25, -0.2) is 4.98 Å². The summed E-state index contributed by atoms with van der Waals surface area (Å²) in [5.74, 6) is 0.876. The van der Waals surface area contributed by atoms with Crippen LogP contribution in [0.5, 0.6) is 0 Å². The fourth-order valence-corrected chi connectivity index (χ4v) is 4.27. The highest BCUT2D eigenvalue weighted by Crippen LogP contribution is 2.22. The number of carbonyl (C=O) groups is 1. The van der Waals surface area contributed by atoms with E-state index in [1.54, 1.807) is 0 Å². The van der Waals surface area contributed by atoms with Crippen LogP contribution >= 0.6 is 0 Å². The lowest BCUT2D eigenvalue weighted by atomic mass is 10.2. The minimum absolute atomic E-state index is 0.0115. The molecule has 1 aromatic heterocycles. The first kappa shape index (κ1) is 21.4. The number of aryl methyl sites for hydroxylation is 1. The molecule has 0 atom stereocenters. The van der Waals surface area contributed by atoms with Crippen molar-refractivity contribution in [2.24, 2.45) is 0 Å². The predicted molar refractivity (Wildman–Crippen MR) is 131 cm³/mol. The van der Waals surface area contributed by atoms with Gasteiger partial charge in [-0.1, -0.05) is 42.5 Å². The Hall–Kier alpha value is -3.48. The molecular formula is C27H28N4O2. The number of nitrogens with zero attached hydrogens (tertiary/aromatic N) is 3. The molecule has 0 radical (unpaired) electrons. The number of amides is 1. The average Bonchev–Trinajstić information content (AvgIpc) is 3.24. The van der Waals surface area contributed by atoms with Crippen LogP contribution in [0.4, 0.5) is 5.69 Å². The van der Waals surface area contributed by atoms with Crippen LogP contribution in [0.2, 0.25) is 0 Å². The van der Waals surface area contributed by atoms with Gasteiger partial charge in [-0.15, -0.1) is 0 Å². The van der Waals surface area contributed by atoms with Crippen molar-refractivity contribution in [3.8, 4) is 5.69 Å². The van der Waals surface area contributed by atoms with Crippen LogP contribution in [-0.2, 0) is 22.5 Å².